The second-order valence-electron chi connectivity index (χ2n) is 6.70. The monoisotopic (exact) mass is 481 g/mol. The first-order valence-electron chi connectivity index (χ1n) is 8.25. The van der Waals surface area contributed by atoms with E-state index in [4.69, 9.17) is 10.5 Å². The van der Waals surface area contributed by atoms with Crippen molar-refractivity contribution in [1.29, 1.82) is 0 Å². The van der Waals surface area contributed by atoms with Crippen molar-refractivity contribution in [2.45, 2.75) is 46.3 Å². The number of aliphatic imine (C=N–C) groups is 1. The third-order valence-electron chi connectivity index (χ3n) is 3.58. The fraction of sp³-hybridized carbons (Fsp3) is 0.688. The minimum atomic E-state index is -0.472. The van der Waals surface area contributed by atoms with Crippen LogP contribution in [0.2, 0.25) is 0 Å². The highest BCUT2D eigenvalue weighted by Crippen LogP contribution is 2.15. The highest BCUT2D eigenvalue weighted by molar-refractivity contribution is 14.0. The molecule has 1 saturated heterocycles. The summed E-state index contributed by atoms with van der Waals surface area (Å²) in [6.07, 6.45) is 2.61. The molecule has 0 spiro atoms. The Labute approximate surface area is 170 Å². The second-order valence-corrected chi connectivity index (χ2v) is 7.90. The summed E-state index contributed by atoms with van der Waals surface area (Å²) in [6, 6.07) is 0. The van der Waals surface area contributed by atoms with E-state index in [1.807, 2.05) is 31.9 Å². The Morgan fingerprint density at radius 2 is 1.92 bits per heavy atom. The van der Waals surface area contributed by atoms with Crippen LogP contribution in [0, 0.1) is 0 Å². The van der Waals surface area contributed by atoms with E-state index in [-0.39, 0.29) is 30.1 Å². The van der Waals surface area contributed by atoms with Crippen LogP contribution < -0.4 is 5.73 Å². The normalized spacial score (nSPS) is 15.8. The van der Waals surface area contributed by atoms with Crippen molar-refractivity contribution in [3.05, 3.63) is 16.1 Å². The van der Waals surface area contributed by atoms with Gasteiger partial charge in [0.05, 0.1) is 6.54 Å². The molecule has 2 rings (SSSR count). The number of guanidine groups is 1. The van der Waals surface area contributed by atoms with Crippen LogP contribution in [-0.4, -0.2) is 58.6 Å². The number of hydrogen-bond donors (Lipinski definition) is 1. The standard InChI is InChI=1S/C16H27N5O2S.HI/c1-5-12-10-18-13(24-12)11-19-14(17)20-6-8-21(9-7-20)15(22)23-16(2,3)4;/h10H,5-9,11H2,1-4H3,(H2,17,19);1H. The topological polar surface area (TPSA) is 84.0 Å². The molecule has 2 heterocycles. The third-order valence-corrected chi connectivity index (χ3v) is 4.71. The van der Waals surface area contributed by atoms with E-state index < -0.39 is 5.60 Å². The number of hydrogen-bond acceptors (Lipinski definition) is 5. The molecule has 0 aliphatic carbocycles. The van der Waals surface area contributed by atoms with E-state index in [0.717, 1.165) is 11.4 Å². The maximum Gasteiger partial charge on any atom is 0.410 e. The molecule has 1 aliphatic rings. The summed E-state index contributed by atoms with van der Waals surface area (Å²) in [6.45, 7) is 10.7. The van der Waals surface area contributed by atoms with Gasteiger partial charge >= 0.3 is 6.09 Å². The molecular formula is C16H28IN5O2S. The number of piperazine rings is 1. The average Bonchev–Trinajstić information content (AvgIpc) is 2.99. The minimum Gasteiger partial charge on any atom is -0.444 e. The van der Waals surface area contributed by atoms with Crippen LogP contribution in [0.5, 0.6) is 0 Å². The fourth-order valence-electron chi connectivity index (χ4n) is 2.28. The van der Waals surface area contributed by atoms with E-state index in [2.05, 4.69) is 16.9 Å². The molecule has 7 nitrogen and oxygen atoms in total. The lowest BCUT2D eigenvalue weighted by Crippen LogP contribution is -2.53. The minimum absolute atomic E-state index is 0. The van der Waals surface area contributed by atoms with Crippen molar-refractivity contribution >= 4 is 47.4 Å². The molecule has 0 bridgehead atoms. The number of carbonyl (C=O) groups excluding carboxylic acids is 1. The maximum absolute atomic E-state index is 12.0. The first-order valence-corrected chi connectivity index (χ1v) is 9.06. The van der Waals surface area contributed by atoms with Gasteiger partial charge in [-0.1, -0.05) is 6.92 Å². The molecule has 9 heteroatoms. The molecule has 142 valence electrons. The van der Waals surface area contributed by atoms with Crippen molar-refractivity contribution in [2.75, 3.05) is 26.2 Å². The van der Waals surface area contributed by atoms with E-state index in [1.54, 1.807) is 16.2 Å². The van der Waals surface area contributed by atoms with Crippen LogP contribution in [0.4, 0.5) is 4.79 Å². The van der Waals surface area contributed by atoms with Gasteiger partial charge in [0.1, 0.15) is 10.6 Å². The van der Waals surface area contributed by atoms with Gasteiger partial charge in [0.2, 0.25) is 0 Å². The van der Waals surface area contributed by atoms with Gasteiger partial charge in [0, 0.05) is 37.3 Å². The zero-order valence-corrected chi connectivity index (χ0v) is 18.5. The fourth-order valence-corrected chi connectivity index (χ4v) is 3.06. The number of rotatable bonds is 3. The number of amides is 1. The van der Waals surface area contributed by atoms with Gasteiger partial charge < -0.3 is 20.3 Å². The Kier molecular flexibility index (Phi) is 8.39. The number of thiazole rings is 1. The summed E-state index contributed by atoms with van der Waals surface area (Å²) < 4.78 is 5.39. The molecule has 1 fully saturated rings. The van der Waals surface area contributed by atoms with Crippen molar-refractivity contribution in [3.8, 4) is 0 Å². The first kappa shape index (κ1) is 21.9. The summed E-state index contributed by atoms with van der Waals surface area (Å²) in [7, 11) is 0. The van der Waals surface area contributed by atoms with Gasteiger partial charge in [0.25, 0.3) is 0 Å². The molecule has 25 heavy (non-hydrogen) atoms. The van der Waals surface area contributed by atoms with Gasteiger partial charge in [-0.05, 0) is 27.2 Å². The SMILES string of the molecule is CCc1cnc(CN=C(N)N2CCN(C(=O)OC(C)(C)C)CC2)s1.I. The highest BCUT2D eigenvalue weighted by atomic mass is 127. The lowest BCUT2D eigenvalue weighted by atomic mass is 10.2. The zero-order chi connectivity index (χ0) is 17.7. The summed E-state index contributed by atoms with van der Waals surface area (Å²) >= 11 is 1.67. The highest BCUT2D eigenvalue weighted by Gasteiger charge is 2.26. The number of carbonyl (C=O) groups is 1. The molecule has 1 aromatic rings. The van der Waals surface area contributed by atoms with Crippen LogP contribution in [0.1, 0.15) is 37.6 Å². The molecule has 1 amide bonds. The first-order chi connectivity index (χ1) is 11.3. The molecule has 2 N–H and O–H groups in total. The average molecular weight is 481 g/mol. The number of nitrogens with two attached hydrogens (primary N) is 1. The van der Waals surface area contributed by atoms with Crippen LogP contribution in [-0.2, 0) is 17.7 Å². The van der Waals surface area contributed by atoms with Crippen molar-refractivity contribution in [1.82, 2.24) is 14.8 Å². The molecule has 0 atom stereocenters. The number of halogens is 1. The van der Waals surface area contributed by atoms with E-state index in [9.17, 15) is 4.79 Å². The Morgan fingerprint density at radius 3 is 2.44 bits per heavy atom. The van der Waals surface area contributed by atoms with Crippen molar-refractivity contribution < 1.29 is 9.53 Å². The van der Waals surface area contributed by atoms with Gasteiger partial charge in [-0.25, -0.2) is 14.8 Å². The van der Waals surface area contributed by atoms with Gasteiger partial charge in [-0.2, -0.15) is 0 Å². The zero-order valence-electron chi connectivity index (χ0n) is 15.3. The summed E-state index contributed by atoms with van der Waals surface area (Å²) in [5.74, 6) is 0.507. The van der Waals surface area contributed by atoms with Crippen LogP contribution in [0.3, 0.4) is 0 Å². The Morgan fingerprint density at radius 1 is 1.32 bits per heavy atom. The molecular weight excluding hydrogens is 453 g/mol. The maximum atomic E-state index is 12.0. The number of aryl methyl sites for hydroxylation is 1. The molecule has 0 radical (unpaired) electrons. The predicted molar refractivity (Wildman–Crippen MR) is 112 cm³/mol. The van der Waals surface area contributed by atoms with Crippen LogP contribution in [0.25, 0.3) is 0 Å². The Hall–Kier alpha value is -1.10. The van der Waals surface area contributed by atoms with E-state index >= 15 is 0 Å². The van der Waals surface area contributed by atoms with Gasteiger partial charge in [-0.3, -0.25) is 0 Å². The van der Waals surface area contributed by atoms with E-state index in [0.29, 0.717) is 38.7 Å². The summed E-state index contributed by atoms with van der Waals surface area (Å²) in [4.78, 5) is 25.8. The van der Waals surface area contributed by atoms with E-state index in [1.165, 1.54) is 4.88 Å². The largest absolute Gasteiger partial charge is 0.444 e. The van der Waals surface area contributed by atoms with Gasteiger partial charge in [-0.15, -0.1) is 35.3 Å². The van der Waals surface area contributed by atoms with Crippen molar-refractivity contribution in [2.24, 2.45) is 10.7 Å². The predicted octanol–water partition coefficient (Wildman–Crippen LogP) is 2.69. The number of ether oxygens (including phenoxy) is 1. The van der Waals surface area contributed by atoms with Crippen molar-refractivity contribution in [3.63, 3.8) is 0 Å². The number of aromatic nitrogens is 1. The summed E-state index contributed by atoms with van der Waals surface area (Å²) in [5.41, 5.74) is 5.60. The molecule has 0 aromatic carbocycles. The second kappa shape index (κ2) is 9.56. The lowest BCUT2D eigenvalue weighted by molar-refractivity contribution is 0.0186. The quantitative estimate of drug-likeness (QED) is 0.408. The van der Waals surface area contributed by atoms with Crippen LogP contribution in [0.15, 0.2) is 11.2 Å². The van der Waals surface area contributed by atoms with Gasteiger partial charge in [0.15, 0.2) is 5.96 Å². The molecule has 1 aliphatic heterocycles. The lowest BCUT2D eigenvalue weighted by Gasteiger charge is -2.36. The smallest absolute Gasteiger partial charge is 0.410 e. The third kappa shape index (κ3) is 6.96. The Bertz CT molecular complexity index is 592. The van der Waals surface area contributed by atoms with Crippen LogP contribution >= 0.6 is 35.3 Å². The molecule has 1 aromatic heterocycles. The molecule has 0 saturated carbocycles. The Balaban J connectivity index is 0.00000312. The molecule has 0 unspecified atom stereocenters. The summed E-state index contributed by atoms with van der Waals surface area (Å²) in [5, 5.41) is 0.974. The number of nitrogens with zero attached hydrogens (tertiary/aromatic N) is 4.